The van der Waals surface area contributed by atoms with Gasteiger partial charge in [-0.15, -0.1) is 0 Å². The van der Waals surface area contributed by atoms with Crippen LogP contribution in [0.2, 0.25) is 0 Å². The normalized spacial score (nSPS) is 28.5. The molecule has 0 aliphatic heterocycles. The zero-order valence-electron chi connectivity index (χ0n) is 7.08. The van der Waals surface area contributed by atoms with Crippen molar-refractivity contribution in [2.45, 2.75) is 44.4 Å². The van der Waals surface area contributed by atoms with Crippen LogP contribution in [0.4, 0.5) is 8.78 Å². The Bertz CT molecular complexity index is 204. The summed E-state index contributed by atoms with van der Waals surface area (Å²) in [7, 11) is 0. The molecule has 0 aromatic rings. The number of nitrogens with zero attached hydrogens (tertiary/aromatic N) is 1. The van der Waals surface area contributed by atoms with Crippen LogP contribution in [-0.4, -0.2) is 24.8 Å². The van der Waals surface area contributed by atoms with Crippen LogP contribution >= 0.6 is 0 Å². The number of isocyanates is 1. The van der Waals surface area contributed by atoms with Crippen LogP contribution in [0.15, 0.2) is 4.99 Å². The summed E-state index contributed by atoms with van der Waals surface area (Å²) in [6.45, 7) is -2.78. The maximum Gasteiger partial charge on any atom is 0.345 e. The second-order valence-electron chi connectivity index (χ2n) is 3.01. The molecule has 0 spiro atoms. The summed E-state index contributed by atoms with van der Waals surface area (Å²) in [4.78, 5) is 13.4. The molecule has 0 aromatic heterocycles. The van der Waals surface area contributed by atoms with Gasteiger partial charge >= 0.3 is 6.61 Å². The summed E-state index contributed by atoms with van der Waals surface area (Å²) in [5.74, 6) is 0. The number of rotatable bonds is 3. The highest BCUT2D eigenvalue weighted by atomic mass is 19.3. The topological polar surface area (TPSA) is 38.7 Å². The third kappa shape index (κ3) is 3.20. The molecule has 0 N–H and O–H groups in total. The van der Waals surface area contributed by atoms with Crippen LogP contribution in [0.5, 0.6) is 0 Å². The molecule has 0 heterocycles. The van der Waals surface area contributed by atoms with Gasteiger partial charge in [-0.25, -0.2) is 4.79 Å². The predicted molar refractivity (Wildman–Crippen MR) is 41.3 cm³/mol. The van der Waals surface area contributed by atoms with Crippen LogP contribution in [0.3, 0.4) is 0 Å². The van der Waals surface area contributed by atoms with Gasteiger partial charge in [0.1, 0.15) is 0 Å². The molecule has 3 nitrogen and oxygen atoms in total. The molecule has 1 aliphatic carbocycles. The van der Waals surface area contributed by atoms with Gasteiger partial charge < -0.3 is 4.74 Å². The van der Waals surface area contributed by atoms with Crippen molar-refractivity contribution in [2.24, 2.45) is 4.99 Å². The average molecular weight is 191 g/mol. The number of ether oxygens (including phenoxy) is 1. The highest BCUT2D eigenvalue weighted by Gasteiger charge is 2.27. The van der Waals surface area contributed by atoms with E-state index in [1.807, 2.05) is 0 Å². The fraction of sp³-hybridized carbons (Fsp3) is 0.875. The Morgan fingerprint density at radius 2 is 2.08 bits per heavy atom. The molecule has 0 radical (unpaired) electrons. The molecule has 2 atom stereocenters. The van der Waals surface area contributed by atoms with Gasteiger partial charge in [0.05, 0.1) is 12.1 Å². The van der Waals surface area contributed by atoms with Crippen LogP contribution in [0, 0.1) is 0 Å². The molecule has 5 heteroatoms. The third-order valence-corrected chi connectivity index (χ3v) is 2.16. The van der Waals surface area contributed by atoms with E-state index in [2.05, 4.69) is 9.73 Å². The lowest BCUT2D eigenvalue weighted by molar-refractivity contribution is -0.173. The number of hydrogen-bond donors (Lipinski definition) is 0. The van der Waals surface area contributed by atoms with E-state index in [0.29, 0.717) is 12.8 Å². The number of carbonyl (C=O) groups excluding carboxylic acids is 1. The van der Waals surface area contributed by atoms with E-state index < -0.39 is 18.8 Å². The van der Waals surface area contributed by atoms with Crippen molar-refractivity contribution in [2.75, 3.05) is 0 Å². The number of aliphatic imine (C=N–C) groups is 1. The lowest BCUT2D eigenvalue weighted by Crippen LogP contribution is -2.32. The van der Waals surface area contributed by atoms with E-state index in [9.17, 15) is 13.6 Å². The van der Waals surface area contributed by atoms with E-state index in [0.717, 1.165) is 12.8 Å². The van der Waals surface area contributed by atoms with Crippen molar-refractivity contribution in [3.05, 3.63) is 0 Å². The Morgan fingerprint density at radius 1 is 1.38 bits per heavy atom. The minimum absolute atomic E-state index is 0.430. The lowest BCUT2D eigenvalue weighted by Gasteiger charge is -2.26. The standard InChI is InChI=1S/C8H11F2NO2/c9-8(10)13-7-4-2-1-3-6(7)11-5-12/h6-8H,1-4H2. The summed E-state index contributed by atoms with van der Waals surface area (Å²) in [5, 5.41) is 0. The fourth-order valence-electron chi connectivity index (χ4n) is 1.58. The monoisotopic (exact) mass is 191 g/mol. The molecule has 0 amide bonds. The number of hydrogen-bond acceptors (Lipinski definition) is 3. The molecule has 13 heavy (non-hydrogen) atoms. The molecule has 1 rings (SSSR count). The molecule has 2 unspecified atom stereocenters. The summed E-state index contributed by atoms with van der Waals surface area (Å²) >= 11 is 0. The van der Waals surface area contributed by atoms with Gasteiger partial charge in [0, 0.05) is 0 Å². The first-order valence-electron chi connectivity index (χ1n) is 4.24. The van der Waals surface area contributed by atoms with Crippen molar-refractivity contribution in [3.63, 3.8) is 0 Å². The van der Waals surface area contributed by atoms with Crippen molar-refractivity contribution in [1.29, 1.82) is 0 Å². The molecule has 74 valence electrons. The zero-order valence-corrected chi connectivity index (χ0v) is 7.08. The van der Waals surface area contributed by atoms with Gasteiger partial charge in [0.15, 0.2) is 0 Å². The first kappa shape index (κ1) is 10.3. The highest BCUT2D eigenvalue weighted by Crippen LogP contribution is 2.24. The van der Waals surface area contributed by atoms with Gasteiger partial charge in [-0.3, -0.25) is 0 Å². The zero-order chi connectivity index (χ0) is 9.68. The Morgan fingerprint density at radius 3 is 2.69 bits per heavy atom. The molecule has 0 bridgehead atoms. The first-order valence-corrected chi connectivity index (χ1v) is 4.24. The molecule has 1 aliphatic rings. The van der Waals surface area contributed by atoms with Crippen LogP contribution in [0.1, 0.15) is 25.7 Å². The first-order chi connectivity index (χ1) is 6.24. The molecule has 1 saturated carbocycles. The van der Waals surface area contributed by atoms with E-state index in [1.54, 1.807) is 0 Å². The van der Waals surface area contributed by atoms with Crippen LogP contribution < -0.4 is 0 Å². The van der Waals surface area contributed by atoms with Gasteiger partial charge in [0.2, 0.25) is 6.08 Å². The Labute approximate surface area is 74.8 Å². The molecule has 1 fully saturated rings. The number of alkyl halides is 2. The fourth-order valence-corrected chi connectivity index (χ4v) is 1.58. The second kappa shape index (κ2) is 5.04. The highest BCUT2D eigenvalue weighted by molar-refractivity contribution is 5.33. The number of halogens is 2. The van der Waals surface area contributed by atoms with Crippen molar-refractivity contribution in [3.8, 4) is 0 Å². The summed E-state index contributed by atoms with van der Waals surface area (Å²) in [6, 6.07) is -0.430. The minimum Gasteiger partial charge on any atom is -0.317 e. The molecule has 0 saturated heterocycles. The Kier molecular flexibility index (Phi) is 3.99. The van der Waals surface area contributed by atoms with Crippen molar-refractivity contribution < 1.29 is 18.3 Å². The van der Waals surface area contributed by atoms with E-state index in [1.165, 1.54) is 6.08 Å². The maximum atomic E-state index is 11.9. The summed E-state index contributed by atoms with van der Waals surface area (Å²) in [6.07, 6.45) is 3.70. The second-order valence-corrected chi connectivity index (χ2v) is 3.01. The van der Waals surface area contributed by atoms with E-state index >= 15 is 0 Å². The Hall–Kier alpha value is -0.800. The maximum absolute atomic E-state index is 11.9. The van der Waals surface area contributed by atoms with Gasteiger partial charge in [-0.05, 0) is 12.8 Å². The molecular formula is C8H11F2NO2. The summed E-state index contributed by atoms with van der Waals surface area (Å²) in [5.41, 5.74) is 0. The predicted octanol–water partition coefficient (Wildman–Crippen LogP) is 1.87. The Balaban J connectivity index is 2.50. The van der Waals surface area contributed by atoms with Crippen LogP contribution in [0.25, 0.3) is 0 Å². The van der Waals surface area contributed by atoms with Gasteiger partial charge in [0.25, 0.3) is 0 Å². The van der Waals surface area contributed by atoms with Gasteiger partial charge in [-0.2, -0.15) is 13.8 Å². The third-order valence-electron chi connectivity index (χ3n) is 2.16. The van der Waals surface area contributed by atoms with Crippen LogP contribution in [-0.2, 0) is 9.53 Å². The molecular weight excluding hydrogens is 180 g/mol. The van der Waals surface area contributed by atoms with Gasteiger partial charge in [-0.1, -0.05) is 12.8 Å². The SMILES string of the molecule is O=C=NC1CCCCC1OC(F)F. The van der Waals surface area contributed by atoms with Crippen molar-refractivity contribution in [1.82, 2.24) is 0 Å². The van der Waals surface area contributed by atoms with E-state index in [-0.39, 0.29) is 0 Å². The average Bonchev–Trinajstić information content (AvgIpc) is 2.08. The molecule has 0 aromatic carbocycles. The van der Waals surface area contributed by atoms with Crippen molar-refractivity contribution >= 4 is 6.08 Å². The van der Waals surface area contributed by atoms with E-state index in [4.69, 9.17) is 0 Å². The minimum atomic E-state index is -2.78. The summed E-state index contributed by atoms with van der Waals surface area (Å²) < 4.78 is 28.1. The lowest BCUT2D eigenvalue weighted by atomic mass is 9.93. The smallest absolute Gasteiger partial charge is 0.317 e. The largest absolute Gasteiger partial charge is 0.345 e. The quantitative estimate of drug-likeness (QED) is 0.504.